The van der Waals surface area contributed by atoms with Crippen molar-refractivity contribution in [1.82, 2.24) is 9.36 Å². The number of rotatable bonds is 8. The van der Waals surface area contributed by atoms with Gasteiger partial charge in [0, 0.05) is 31.5 Å². The monoisotopic (exact) mass is 307 g/mol. The molecule has 1 aromatic carbocycles. The summed E-state index contributed by atoms with van der Waals surface area (Å²) in [6, 6.07) is 9.94. The number of hydrogen-bond donors (Lipinski definition) is 1. The zero-order valence-corrected chi connectivity index (χ0v) is 13.2. The molecule has 6 heteroatoms. The number of anilines is 1. The Balaban J connectivity index is 1.72. The molecule has 0 fully saturated rings. The van der Waals surface area contributed by atoms with Crippen LogP contribution in [0.3, 0.4) is 0 Å². The maximum Gasteiger partial charge on any atom is 0.205 e. The first-order chi connectivity index (χ1) is 10.2. The summed E-state index contributed by atoms with van der Waals surface area (Å²) < 4.78 is 9.78. The lowest BCUT2D eigenvalue weighted by atomic mass is 10.2. The third-order valence-corrected chi connectivity index (χ3v) is 3.87. The number of aliphatic hydroxyl groups is 1. The van der Waals surface area contributed by atoms with Gasteiger partial charge in [-0.25, -0.2) is 4.98 Å². The average molecular weight is 307 g/mol. The zero-order chi connectivity index (χ0) is 15.1. The van der Waals surface area contributed by atoms with E-state index in [0.29, 0.717) is 19.8 Å². The lowest BCUT2D eigenvalue weighted by molar-refractivity contribution is 0.0324. The molecule has 1 unspecified atom stereocenters. The van der Waals surface area contributed by atoms with E-state index in [1.165, 1.54) is 11.5 Å². The molecule has 114 valence electrons. The van der Waals surface area contributed by atoms with Gasteiger partial charge >= 0.3 is 0 Å². The smallest absolute Gasteiger partial charge is 0.205 e. The van der Waals surface area contributed by atoms with Crippen molar-refractivity contribution >= 4 is 16.7 Å². The van der Waals surface area contributed by atoms with Gasteiger partial charge in [0.15, 0.2) is 0 Å². The van der Waals surface area contributed by atoms with E-state index in [0.717, 1.165) is 22.9 Å². The highest BCUT2D eigenvalue weighted by Crippen LogP contribution is 2.16. The van der Waals surface area contributed by atoms with Crippen LogP contribution in [-0.2, 0) is 17.8 Å². The second-order valence-corrected chi connectivity index (χ2v) is 5.61. The minimum absolute atomic E-state index is 0.304. The summed E-state index contributed by atoms with van der Waals surface area (Å²) in [4.78, 5) is 6.30. The number of likely N-dealkylation sites (N-methyl/N-ethyl adjacent to an activating group) is 1. The van der Waals surface area contributed by atoms with Crippen molar-refractivity contribution in [2.45, 2.75) is 26.1 Å². The number of aryl methyl sites for hydroxylation is 1. The second-order valence-electron chi connectivity index (χ2n) is 4.88. The molecule has 5 nitrogen and oxygen atoms in total. The van der Waals surface area contributed by atoms with Crippen LogP contribution in [0.4, 0.5) is 5.13 Å². The van der Waals surface area contributed by atoms with Gasteiger partial charge in [0.2, 0.25) is 5.13 Å². The van der Waals surface area contributed by atoms with Crippen molar-refractivity contribution < 1.29 is 9.84 Å². The third-order valence-electron chi connectivity index (χ3n) is 3.01. The molecule has 2 aromatic rings. The Kier molecular flexibility index (Phi) is 6.10. The van der Waals surface area contributed by atoms with E-state index in [9.17, 15) is 5.11 Å². The molecule has 1 heterocycles. The van der Waals surface area contributed by atoms with Gasteiger partial charge < -0.3 is 14.7 Å². The summed E-state index contributed by atoms with van der Waals surface area (Å²) in [5.41, 5.74) is 1.11. The largest absolute Gasteiger partial charge is 0.389 e. The van der Waals surface area contributed by atoms with E-state index >= 15 is 0 Å². The molecule has 0 saturated heterocycles. The number of aliphatic hydroxyl groups excluding tert-OH is 1. The second kappa shape index (κ2) is 8.07. The van der Waals surface area contributed by atoms with Crippen LogP contribution in [0.1, 0.15) is 18.3 Å². The van der Waals surface area contributed by atoms with Gasteiger partial charge in [-0.05, 0) is 5.56 Å². The summed E-state index contributed by atoms with van der Waals surface area (Å²) in [5, 5.41) is 10.8. The topological polar surface area (TPSA) is 58.5 Å². The van der Waals surface area contributed by atoms with Crippen molar-refractivity contribution in [1.29, 1.82) is 0 Å². The Hall–Kier alpha value is -1.50. The first-order valence-electron chi connectivity index (χ1n) is 7.02. The summed E-state index contributed by atoms with van der Waals surface area (Å²) in [5.74, 6) is 0.844. The van der Waals surface area contributed by atoms with Gasteiger partial charge in [0.1, 0.15) is 5.82 Å². The van der Waals surface area contributed by atoms with Gasteiger partial charge in [-0.1, -0.05) is 37.3 Å². The predicted molar refractivity (Wildman–Crippen MR) is 84.7 cm³/mol. The van der Waals surface area contributed by atoms with Crippen LogP contribution >= 0.6 is 11.5 Å². The summed E-state index contributed by atoms with van der Waals surface area (Å²) in [6.45, 7) is 3.32. The fourth-order valence-electron chi connectivity index (χ4n) is 1.88. The van der Waals surface area contributed by atoms with Gasteiger partial charge in [-0.2, -0.15) is 4.37 Å². The minimum Gasteiger partial charge on any atom is -0.389 e. The summed E-state index contributed by atoms with van der Waals surface area (Å²) in [6.07, 6.45) is 0.278. The molecule has 0 aliphatic carbocycles. The number of nitrogens with zero attached hydrogens (tertiary/aromatic N) is 3. The molecule has 0 spiro atoms. The lowest BCUT2D eigenvalue weighted by Crippen LogP contribution is -2.32. The van der Waals surface area contributed by atoms with E-state index in [1.807, 2.05) is 49.2 Å². The maximum absolute atomic E-state index is 10.0. The van der Waals surface area contributed by atoms with Crippen LogP contribution < -0.4 is 4.90 Å². The van der Waals surface area contributed by atoms with Crippen molar-refractivity contribution in [3.8, 4) is 0 Å². The van der Waals surface area contributed by atoms with Gasteiger partial charge in [0.05, 0.1) is 19.3 Å². The molecular weight excluding hydrogens is 286 g/mol. The molecule has 0 aliphatic rings. The van der Waals surface area contributed by atoms with Crippen molar-refractivity contribution in [2.75, 3.05) is 25.1 Å². The first-order valence-corrected chi connectivity index (χ1v) is 7.79. The van der Waals surface area contributed by atoms with E-state index in [4.69, 9.17) is 4.74 Å². The molecule has 1 aromatic heterocycles. The minimum atomic E-state index is -0.548. The Bertz CT molecular complexity index is 533. The molecule has 0 saturated carbocycles. The fourth-order valence-corrected chi connectivity index (χ4v) is 2.59. The van der Waals surface area contributed by atoms with Crippen LogP contribution in [0.5, 0.6) is 0 Å². The predicted octanol–water partition coefficient (Wildman–Crippen LogP) is 2.11. The van der Waals surface area contributed by atoms with E-state index in [2.05, 4.69) is 9.36 Å². The summed E-state index contributed by atoms with van der Waals surface area (Å²) >= 11 is 1.36. The van der Waals surface area contributed by atoms with Crippen LogP contribution in [0.25, 0.3) is 0 Å². The Morgan fingerprint density at radius 2 is 2.10 bits per heavy atom. The number of aromatic nitrogens is 2. The number of ether oxygens (including phenoxy) is 1. The van der Waals surface area contributed by atoms with Crippen LogP contribution in [0, 0.1) is 0 Å². The van der Waals surface area contributed by atoms with Gasteiger partial charge in [0.25, 0.3) is 0 Å². The average Bonchev–Trinajstić information content (AvgIpc) is 2.97. The Labute approximate surface area is 129 Å². The fraction of sp³-hybridized carbons (Fsp3) is 0.467. The van der Waals surface area contributed by atoms with Crippen molar-refractivity contribution in [3.63, 3.8) is 0 Å². The van der Waals surface area contributed by atoms with E-state index in [1.54, 1.807) is 0 Å². The zero-order valence-electron chi connectivity index (χ0n) is 12.4. The molecular formula is C15H21N3O2S. The molecule has 0 amide bonds. The van der Waals surface area contributed by atoms with Crippen molar-refractivity contribution in [2.24, 2.45) is 0 Å². The highest BCUT2D eigenvalue weighted by molar-refractivity contribution is 7.09. The van der Waals surface area contributed by atoms with Gasteiger partial charge in [-0.3, -0.25) is 0 Å². The molecule has 0 aliphatic heterocycles. The molecule has 0 radical (unpaired) electrons. The van der Waals surface area contributed by atoms with Crippen molar-refractivity contribution in [3.05, 3.63) is 41.7 Å². The normalized spacial score (nSPS) is 12.3. The van der Waals surface area contributed by atoms with Crippen LogP contribution in [0.2, 0.25) is 0 Å². The first kappa shape index (κ1) is 15.9. The highest BCUT2D eigenvalue weighted by Gasteiger charge is 2.12. The maximum atomic E-state index is 10.0. The SMILES string of the molecule is CCc1nsc(N(C)CC(O)COCc2ccccc2)n1. The van der Waals surface area contributed by atoms with Crippen LogP contribution in [-0.4, -0.2) is 40.8 Å². The molecule has 1 N–H and O–H groups in total. The summed E-state index contributed by atoms with van der Waals surface area (Å²) in [7, 11) is 1.90. The third kappa shape index (κ3) is 5.08. The standard InChI is InChI=1S/C15H21N3O2S/c1-3-14-16-15(21-17-14)18(2)9-13(19)11-20-10-12-7-5-4-6-8-12/h4-8,13,19H,3,9-11H2,1-2H3. The molecule has 21 heavy (non-hydrogen) atoms. The Morgan fingerprint density at radius 1 is 1.33 bits per heavy atom. The highest BCUT2D eigenvalue weighted by atomic mass is 32.1. The number of hydrogen-bond acceptors (Lipinski definition) is 6. The quantitative estimate of drug-likeness (QED) is 0.809. The van der Waals surface area contributed by atoms with E-state index < -0.39 is 6.10 Å². The molecule has 0 bridgehead atoms. The Morgan fingerprint density at radius 3 is 2.76 bits per heavy atom. The molecule has 1 atom stereocenters. The molecule has 2 rings (SSSR count). The van der Waals surface area contributed by atoms with E-state index in [-0.39, 0.29) is 0 Å². The number of benzene rings is 1. The van der Waals surface area contributed by atoms with Gasteiger partial charge in [-0.15, -0.1) is 0 Å². The lowest BCUT2D eigenvalue weighted by Gasteiger charge is -2.19. The van der Waals surface area contributed by atoms with Crippen LogP contribution in [0.15, 0.2) is 30.3 Å².